The Labute approximate surface area is 166 Å². The van der Waals surface area contributed by atoms with Crippen LogP contribution in [0.1, 0.15) is 47.0 Å². The van der Waals surface area contributed by atoms with Gasteiger partial charge in [-0.15, -0.1) is 0 Å². The Hall–Kier alpha value is 0.0569. The van der Waals surface area contributed by atoms with Gasteiger partial charge in [-0.1, -0.05) is 20.8 Å². The molecule has 0 aromatic rings. The summed E-state index contributed by atoms with van der Waals surface area (Å²) in [5.41, 5.74) is 0.390. The van der Waals surface area contributed by atoms with E-state index >= 15 is 0 Å². The van der Waals surface area contributed by atoms with Crippen molar-refractivity contribution in [3.63, 3.8) is 0 Å². The van der Waals surface area contributed by atoms with Gasteiger partial charge in [0.25, 0.3) is 0 Å². The summed E-state index contributed by atoms with van der Waals surface area (Å²) in [6, 6.07) is 1.28. The summed E-state index contributed by atoms with van der Waals surface area (Å²) in [6.07, 6.45) is 3.86. The predicted octanol–water partition coefficient (Wildman–Crippen LogP) is 4.24. The molecule has 158 valence electrons. The fourth-order valence-corrected chi connectivity index (χ4v) is 6.96. The van der Waals surface area contributed by atoms with Crippen molar-refractivity contribution in [3.05, 3.63) is 0 Å². The molecule has 0 bridgehead atoms. The van der Waals surface area contributed by atoms with Gasteiger partial charge < -0.3 is 19.1 Å². The second-order valence-electron chi connectivity index (χ2n) is 8.81. The average Bonchev–Trinajstić information content (AvgIpc) is 2.61. The molecule has 0 rings (SSSR count). The van der Waals surface area contributed by atoms with Crippen molar-refractivity contribution < 1.29 is 4.43 Å². The molecule has 0 saturated carbocycles. The van der Waals surface area contributed by atoms with Gasteiger partial charge in [0.15, 0.2) is 8.32 Å². The molecule has 0 unspecified atom stereocenters. The van der Waals surface area contributed by atoms with Crippen LogP contribution < -0.4 is 0 Å². The highest BCUT2D eigenvalue weighted by atomic mass is 28.4. The summed E-state index contributed by atoms with van der Waals surface area (Å²) in [5.74, 6) is 0. The maximum atomic E-state index is 6.28. The van der Waals surface area contributed by atoms with Gasteiger partial charge >= 0.3 is 0 Å². The number of rotatable bonds is 16. The standard InChI is InChI=1S/C21H49N3OSi/c1-10-22(5)17-14-21(15-18-23(6)11-2,16-19-24(7)12-3)20-26(8,9)25-13-4/h10-20H2,1-9H3. The van der Waals surface area contributed by atoms with Gasteiger partial charge in [0.05, 0.1) is 0 Å². The maximum absolute atomic E-state index is 6.28. The summed E-state index contributed by atoms with van der Waals surface area (Å²) >= 11 is 0. The van der Waals surface area contributed by atoms with Gasteiger partial charge in [-0.2, -0.15) is 0 Å². The van der Waals surface area contributed by atoms with E-state index < -0.39 is 8.32 Å². The van der Waals surface area contributed by atoms with E-state index in [-0.39, 0.29) is 0 Å². The molecule has 26 heavy (non-hydrogen) atoms. The number of hydrogen-bond donors (Lipinski definition) is 0. The Morgan fingerprint density at radius 3 is 1.31 bits per heavy atom. The minimum Gasteiger partial charge on any atom is -0.418 e. The Morgan fingerprint density at radius 2 is 1.04 bits per heavy atom. The summed E-state index contributed by atoms with van der Waals surface area (Å²) in [5, 5.41) is 0. The second kappa shape index (κ2) is 13.3. The fourth-order valence-electron chi connectivity index (χ4n) is 3.74. The van der Waals surface area contributed by atoms with Gasteiger partial charge in [0, 0.05) is 6.61 Å². The lowest BCUT2D eigenvalue weighted by Crippen LogP contribution is -2.43. The quantitative estimate of drug-likeness (QED) is 0.369. The van der Waals surface area contributed by atoms with Crippen LogP contribution in [0.4, 0.5) is 0 Å². The lowest BCUT2D eigenvalue weighted by Gasteiger charge is -2.42. The third-order valence-electron chi connectivity index (χ3n) is 6.03. The van der Waals surface area contributed by atoms with Gasteiger partial charge in [0.1, 0.15) is 0 Å². The van der Waals surface area contributed by atoms with E-state index in [9.17, 15) is 0 Å². The molecule has 0 aliphatic rings. The first-order valence-electron chi connectivity index (χ1n) is 10.8. The summed E-state index contributed by atoms with van der Waals surface area (Å²) in [7, 11) is 5.13. The average molecular weight is 388 g/mol. The van der Waals surface area contributed by atoms with Crippen LogP contribution in [0, 0.1) is 5.41 Å². The monoisotopic (exact) mass is 387 g/mol. The Bertz CT molecular complexity index is 316. The minimum absolute atomic E-state index is 0.390. The molecule has 0 N–H and O–H groups in total. The van der Waals surface area contributed by atoms with Crippen LogP contribution >= 0.6 is 0 Å². The van der Waals surface area contributed by atoms with Crippen molar-refractivity contribution in [1.82, 2.24) is 14.7 Å². The molecule has 0 aliphatic carbocycles. The van der Waals surface area contributed by atoms with Crippen molar-refractivity contribution in [2.75, 3.05) is 67.0 Å². The van der Waals surface area contributed by atoms with E-state index in [2.05, 4.69) is 76.6 Å². The molecule has 0 heterocycles. The largest absolute Gasteiger partial charge is 0.418 e. The van der Waals surface area contributed by atoms with Gasteiger partial charge in [-0.25, -0.2) is 0 Å². The van der Waals surface area contributed by atoms with Crippen molar-refractivity contribution in [3.8, 4) is 0 Å². The van der Waals surface area contributed by atoms with Crippen LogP contribution in [0.3, 0.4) is 0 Å². The van der Waals surface area contributed by atoms with Crippen molar-refractivity contribution in [2.24, 2.45) is 5.41 Å². The highest BCUT2D eigenvalue weighted by molar-refractivity contribution is 6.71. The van der Waals surface area contributed by atoms with E-state index in [1.165, 1.54) is 44.9 Å². The normalized spacial score (nSPS) is 13.4. The molecule has 0 saturated heterocycles. The molecule has 0 aromatic heterocycles. The zero-order valence-corrected chi connectivity index (χ0v) is 20.5. The van der Waals surface area contributed by atoms with Gasteiger partial charge in [-0.3, -0.25) is 0 Å². The van der Waals surface area contributed by atoms with Crippen LogP contribution in [0.2, 0.25) is 19.1 Å². The van der Waals surface area contributed by atoms with Crippen LogP contribution in [0.15, 0.2) is 0 Å². The third kappa shape index (κ3) is 11.0. The second-order valence-corrected chi connectivity index (χ2v) is 13.0. The highest BCUT2D eigenvalue weighted by Gasteiger charge is 2.38. The van der Waals surface area contributed by atoms with Gasteiger partial charge in [0.2, 0.25) is 0 Å². The summed E-state index contributed by atoms with van der Waals surface area (Å²) in [4.78, 5) is 7.41. The van der Waals surface area contributed by atoms with Crippen molar-refractivity contribution in [1.29, 1.82) is 0 Å². The minimum atomic E-state index is -1.64. The van der Waals surface area contributed by atoms with Crippen molar-refractivity contribution >= 4 is 8.32 Å². The summed E-state index contributed by atoms with van der Waals surface area (Å²) in [6.45, 7) is 21.6. The maximum Gasteiger partial charge on any atom is 0.187 e. The molecule has 0 radical (unpaired) electrons. The lowest BCUT2D eigenvalue weighted by molar-refractivity contribution is 0.152. The zero-order chi connectivity index (χ0) is 20.2. The molecule has 0 atom stereocenters. The molecule has 4 nitrogen and oxygen atoms in total. The van der Waals surface area contributed by atoms with E-state index in [0.29, 0.717) is 5.41 Å². The molecule has 0 amide bonds. The van der Waals surface area contributed by atoms with E-state index in [4.69, 9.17) is 4.43 Å². The van der Waals surface area contributed by atoms with Crippen molar-refractivity contribution in [2.45, 2.75) is 66.1 Å². The number of nitrogens with zero attached hydrogens (tertiary/aromatic N) is 3. The molecule has 0 aliphatic heterocycles. The van der Waals surface area contributed by atoms with E-state index in [1.807, 2.05) is 0 Å². The Morgan fingerprint density at radius 1 is 0.692 bits per heavy atom. The van der Waals surface area contributed by atoms with Crippen LogP contribution in [0.5, 0.6) is 0 Å². The molecule has 0 spiro atoms. The lowest BCUT2D eigenvalue weighted by atomic mass is 9.79. The zero-order valence-electron chi connectivity index (χ0n) is 19.5. The van der Waals surface area contributed by atoms with E-state index in [1.54, 1.807) is 0 Å². The van der Waals surface area contributed by atoms with Crippen LogP contribution in [-0.4, -0.2) is 90.0 Å². The topological polar surface area (TPSA) is 19.0 Å². The molecular weight excluding hydrogens is 338 g/mol. The van der Waals surface area contributed by atoms with Crippen LogP contribution in [-0.2, 0) is 4.43 Å². The smallest absolute Gasteiger partial charge is 0.187 e. The SMILES string of the molecule is CCO[Si](C)(C)CC(CCN(C)CC)(CCN(C)CC)CCN(C)CC. The molecular formula is C21H49N3OSi. The molecule has 0 fully saturated rings. The highest BCUT2D eigenvalue weighted by Crippen LogP contribution is 2.40. The first-order valence-corrected chi connectivity index (χ1v) is 13.9. The van der Waals surface area contributed by atoms with E-state index in [0.717, 1.165) is 26.2 Å². The summed E-state index contributed by atoms with van der Waals surface area (Å²) < 4.78 is 6.28. The predicted molar refractivity (Wildman–Crippen MR) is 120 cm³/mol. The first-order chi connectivity index (χ1) is 12.1. The Balaban J connectivity index is 5.40. The number of hydrogen-bond acceptors (Lipinski definition) is 4. The fraction of sp³-hybridized carbons (Fsp3) is 1.00. The third-order valence-corrected chi connectivity index (χ3v) is 8.70. The Kier molecular flexibility index (Phi) is 13.3. The first kappa shape index (κ1) is 26.1. The molecule has 5 heteroatoms. The molecule has 0 aromatic carbocycles. The van der Waals surface area contributed by atoms with Gasteiger partial charge in [-0.05, 0) is 111 Å². The van der Waals surface area contributed by atoms with Crippen LogP contribution in [0.25, 0.3) is 0 Å².